The summed E-state index contributed by atoms with van der Waals surface area (Å²) in [6.45, 7) is 0. The molecule has 4 nitrogen and oxygen atoms in total. The van der Waals surface area contributed by atoms with Crippen LogP contribution >= 0.6 is 11.6 Å². The normalized spacial score (nSPS) is 15.3. The van der Waals surface area contributed by atoms with Crippen molar-refractivity contribution in [1.29, 1.82) is 0 Å². The van der Waals surface area contributed by atoms with Crippen LogP contribution in [0.1, 0.15) is 40.4 Å². The van der Waals surface area contributed by atoms with Gasteiger partial charge < -0.3 is 5.32 Å². The summed E-state index contributed by atoms with van der Waals surface area (Å²) in [4.78, 5) is 13.4. The third-order valence-corrected chi connectivity index (χ3v) is 6.02. The molecule has 0 fully saturated rings. The molecule has 1 aliphatic rings. The summed E-state index contributed by atoms with van der Waals surface area (Å²) >= 11 is 6.07. The molecule has 31 heavy (non-hydrogen) atoms. The number of aryl methyl sites for hydroxylation is 1. The summed E-state index contributed by atoms with van der Waals surface area (Å²) in [6, 6.07) is 25.6. The van der Waals surface area contributed by atoms with Gasteiger partial charge in [-0.15, -0.1) is 0 Å². The predicted octanol–water partition coefficient (Wildman–Crippen LogP) is 6.00. The molecule has 4 aromatic rings. The van der Waals surface area contributed by atoms with Gasteiger partial charge in [-0.25, -0.2) is 4.68 Å². The highest BCUT2D eigenvalue weighted by molar-refractivity contribution is 6.30. The van der Waals surface area contributed by atoms with Crippen molar-refractivity contribution >= 4 is 17.5 Å². The van der Waals surface area contributed by atoms with Crippen molar-refractivity contribution < 1.29 is 4.79 Å². The van der Waals surface area contributed by atoms with E-state index in [0.29, 0.717) is 16.3 Å². The summed E-state index contributed by atoms with van der Waals surface area (Å²) in [5.41, 5.74) is 5.48. The number of hydrogen-bond donors (Lipinski definition) is 1. The molecule has 0 spiro atoms. The quantitative estimate of drug-likeness (QED) is 0.434. The summed E-state index contributed by atoms with van der Waals surface area (Å²) < 4.78 is 1.76. The molecule has 1 aromatic heterocycles. The minimum atomic E-state index is -0.117. The van der Waals surface area contributed by atoms with Gasteiger partial charge in [-0.1, -0.05) is 66.2 Å². The van der Waals surface area contributed by atoms with Gasteiger partial charge >= 0.3 is 0 Å². The Morgan fingerprint density at radius 2 is 1.71 bits per heavy atom. The molecule has 0 saturated heterocycles. The van der Waals surface area contributed by atoms with Crippen molar-refractivity contribution in [1.82, 2.24) is 15.1 Å². The highest BCUT2D eigenvalue weighted by atomic mass is 35.5. The first-order chi connectivity index (χ1) is 15.2. The van der Waals surface area contributed by atoms with E-state index in [1.165, 1.54) is 11.1 Å². The highest BCUT2D eigenvalue weighted by Crippen LogP contribution is 2.31. The Morgan fingerprint density at radius 3 is 2.52 bits per heavy atom. The van der Waals surface area contributed by atoms with Gasteiger partial charge in [0.15, 0.2) is 0 Å². The van der Waals surface area contributed by atoms with E-state index >= 15 is 0 Å². The topological polar surface area (TPSA) is 46.9 Å². The van der Waals surface area contributed by atoms with E-state index in [1.54, 1.807) is 4.68 Å². The van der Waals surface area contributed by atoms with Crippen molar-refractivity contribution in [2.45, 2.75) is 25.3 Å². The molecule has 3 aromatic carbocycles. The van der Waals surface area contributed by atoms with Crippen LogP contribution in [-0.4, -0.2) is 15.7 Å². The molecule has 1 heterocycles. The zero-order valence-corrected chi connectivity index (χ0v) is 17.7. The smallest absolute Gasteiger partial charge is 0.255 e. The number of rotatable bonds is 4. The standard InChI is InChI=1S/C26H22ClN3O/c27-20-15-13-19(14-16-20)25-23(17-30(29-25)21-9-2-1-3-10-21)26(31)28-24-12-6-8-18-7-4-5-11-22(18)24/h1-5,7,9-11,13-17,24H,6,8,12H2,(H,28,31)/t24-/m1/s1. The molecule has 0 bridgehead atoms. The Bertz CT molecular complexity index is 1220. The van der Waals surface area contributed by atoms with Crippen molar-refractivity contribution in [3.05, 3.63) is 107 Å². The van der Waals surface area contributed by atoms with Gasteiger partial charge in [0.25, 0.3) is 5.91 Å². The first-order valence-electron chi connectivity index (χ1n) is 10.5. The Labute approximate surface area is 186 Å². The molecule has 0 radical (unpaired) electrons. The second-order valence-corrected chi connectivity index (χ2v) is 8.23. The van der Waals surface area contributed by atoms with Crippen LogP contribution in [0.15, 0.2) is 85.1 Å². The van der Waals surface area contributed by atoms with E-state index in [-0.39, 0.29) is 11.9 Å². The van der Waals surface area contributed by atoms with Crippen LogP contribution in [0.2, 0.25) is 5.02 Å². The fourth-order valence-electron chi connectivity index (χ4n) is 4.21. The third kappa shape index (κ3) is 3.99. The predicted molar refractivity (Wildman–Crippen MR) is 124 cm³/mol. The molecule has 0 unspecified atom stereocenters. The van der Waals surface area contributed by atoms with Gasteiger partial charge in [-0.2, -0.15) is 5.10 Å². The van der Waals surface area contributed by atoms with Crippen LogP contribution in [0.3, 0.4) is 0 Å². The molecule has 0 aliphatic heterocycles. The second kappa shape index (κ2) is 8.40. The van der Waals surface area contributed by atoms with Crippen molar-refractivity contribution in [2.75, 3.05) is 0 Å². The Hall–Kier alpha value is -3.37. The molecule has 1 atom stereocenters. The molecule has 5 rings (SSSR count). The number of hydrogen-bond acceptors (Lipinski definition) is 2. The number of amides is 1. The van der Waals surface area contributed by atoms with E-state index in [4.69, 9.17) is 16.7 Å². The van der Waals surface area contributed by atoms with Gasteiger partial charge in [0.2, 0.25) is 0 Å². The molecular weight excluding hydrogens is 406 g/mol. The average Bonchev–Trinajstić information content (AvgIpc) is 3.26. The van der Waals surface area contributed by atoms with E-state index in [1.807, 2.05) is 66.9 Å². The van der Waals surface area contributed by atoms with Crippen LogP contribution in [0.25, 0.3) is 16.9 Å². The third-order valence-electron chi connectivity index (χ3n) is 5.77. The van der Waals surface area contributed by atoms with Crippen LogP contribution in [0.4, 0.5) is 0 Å². The number of carbonyl (C=O) groups is 1. The number of nitrogens with one attached hydrogen (secondary N) is 1. The first-order valence-corrected chi connectivity index (χ1v) is 10.9. The monoisotopic (exact) mass is 427 g/mol. The van der Waals surface area contributed by atoms with Gasteiger partial charge in [-0.05, 0) is 54.7 Å². The minimum Gasteiger partial charge on any atom is -0.345 e. The van der Waals surface area contributed by atoms with Crippen molar-refractivity contribution in [2.24, 2.45) is 0 Å². The molecule has 1 amide bonds. The lowest BCUT2D eigenvalue weighted by atomic mass is 9.87. The first kappa shape index (κ1) is 19.6. The fourth-order valence-corrected chi connectivity index (χ4v) is 4.34. The lowest BCUT2D eigenvalue weighted by Crippen LogP contribution is -2.31. The fraction of sp³-hybridized carbons (Fsp3) is 0.154. The average molecular weight is 428 g/mol. The molecule has 1 N–H and O–H groups in total. The molecule has 1 aliphatic carbocycles. The van der Waals surface area contributed by atoms with Crippen LogP contribution < -0.4 is 5.32 Å². The number of fused-ring (bicyclic) bond motifs is 1. The van der Waals surface area contributed by atoms with Gasteiger partial charge in [0, 0.05) is 16.8 Å². The summed E-state index contributed by atoms with van der Waals surface area (Å²) in [5.74, 6) is -0.117. The maximum absolute atomic E-state index is 13.4. The largest absolute Gasteiger partial charge is 0.345 e. The van der Waals surface area contributed by atoms with Crippen molar-refractivity contribution in [3.63, 3.8) is 0 Å². The van der Waals surface area contributed by atoms with E-state index in [9.17, 15) is 4.79 Å². The Balaban J connectivity index is 1.52. The van der Waals surface area contributed by atoms with E-state index < -0.39 is 0 Å². The number of nitrogens with zero attached hydrogens (tertiary/aromatic N) is 2. The zero-order chi connectivity index (χ0) is 21.2. The van der Waals surface area contributed by atoms with E-state index in [2.05, 4.69) is 23.5 Å². The number of carbonyl (C=O) groups excluding carboxylic acids is 1. The number of halogens is 1. The van der Waals surface area contributed by atoms with Crippen molar-refractivity contribution in [3.8, 4) is 16.9 Å². The second-order valence-electron chi connectivity index (χ2n) is 7.80. The number of aromatic nitrogens is 2. The highest BCUT2D eigenvalue weighted by Gasteiger charge is 2.25. The maximum atomic E-state index is 13.4. The van der Waals surface area contributed by atoms with Gasteiger partial charge in [0.05, 0.1) is 17.3 Å². The molecule has 5 heteroatoms. The summed E-state index contributed by atoms with van der Waals surface area (Å²) in [6.07, 6.45) is 4.87. The number of benzene rings is 3. The van der Waals surface area contributed by atoms with E-state index in [0.717, 1.165) is 30.5 Å². The van der Waals surface area contributed by atoms with Crippen LogP contribution in [-0.2, 0) is 6.42 Å². The molecular formula is C26H22ClN3O. The van der Waals surface area contributed by atoms with Crippen LogP contribution in [0.5, 0.6) is 0 Å². The SMILES string of the molecule is O=C(N[C@@H]1CCCc2ccccc21)c1cn(-c2ccccc2)nc1-c1ccc(Cl)cc1. The summed E-state index contributed by atoms with van der Waals surface area (Å²) in [7, 11) is 0. The molecule has 0 saturated carbocycles. The Kier molecular flexibility index (Phi) is 5.31. The minimum absolute atomic E-state index is 0.00981. The lowest BCUT2D eigenvalue weighted by Gasteiger charge is -2.26. The van der Waals surface area contributed by atoms with Gasteiger partial charge in [-0.3, -0.25) is 4.79 Å². The molecule has 154 valence electrons. The number of para-hydroxylation sites is 1. The summed E-state index contributed by atoms with van der Waals surface area (Å²) in [5, 5.41) is 8.66. The maximum Gasteiger partial charge on any atom is 0.255 e. The lowest BCUT2D eigenvalue weighted by molar-refractivity contribution is 0.0933. The zero-order valence-electron chi connectivity index (χ0n) is 17.0. The Morgan fingerprint density at radius 1 is 0.968 bits per heavy atom. The van der Waals surface area contributed by atoms with Crippen LogP contribution in [0, 0.1) is 0 Å². The van der Waals surface area contributed by atoms with Gasteiger partial charge in [0.1, 0.15) is 5.69 Å².